The lowest BCUT2D eigenvalue weighted by atomic mass is 9.82. The molecule has 0 aliphatic carbocycles. The van der Waals surface area contributed by atoms with Crippen molar-refractivity contribution in [3.63, 3.8) is 0 Å². The molecule has 1 N–H and O–H groups in total. The van der Waals surface area contributed by atoms with Crippen molar-refractivity contribution in [2.24, 2.45) is 11.8 Å². The molecule has 2 heterocycles. The van der Waals surface area contributed by atoms with E-state index in [-0.39, 0.29) is 24.5 Å². The third-order valence-electron chi connectivity index (χ3n) is 4.28. The fourth-order valence-electron chi connectivity index (χ4n) is 2.84. The van der Waals surface area contributed by atoms with E-state index in [9.17, 15) is 4.79 Å². The Morgan fingerprint density at radius 1 is 1.25 bits per heavy atom. The van der Waals surface area contributed by atoms with Gasteiger partial charge in [0.25, 0.3) is 0 Å². The molecular weight excluding hydrogens is 252 g/mol. The standard InChI is InChI=1S/C16H28N2O2/c1-12(2)16(20)15(18-8-9-18)14(5-4-10-19)13(3)11-17-6-7-17/h12,14-15,19H,3-11H2,1-2H3. The summed E-state index contributed by atoms with van der Waals surface area (Å²) >= 11 is 0. The number of hydrogen-bond acceptors (Lipinski definition) is 4. The SMILES string of the molecule is C=C(CN1CC1)C(CCCO)C(C(=O)C(C)C)N1CC1. The Morgan fingerprint density at radius 2 is 1.90 bits per heavy atom. The summed E-state index contributed by atoms with van der Waals surface area (Å²) in [6, 6.07) is -0.0194. The number of carbonyl (C=O) groups is 1. The predicted octanol–water partition coefficient (Wildman–Crippen LogP) is 1.16. The molecule has 2 aliphatic rings. The minimum absolute atomic E-state index is 0.0194. The van der Waals surface area contributed by atoms with Gasteiger partial charge in [-0.1, -0.05) is 26.0 Å². The van der Waals surface area contributed by atoms with Crippen molar-refractivity contribution < 1.29 is 9.90 Å². The van der Waals surface area contributed by atoms with Gasteiger partial charge in [-0.25, -0.2) is 0 Å². The van der Waals surface area contributed by atoms with Gasteiger partial charge < -0.3 is 5.11 Å². The van der Waals surface area contributed by atoms with E-state index in [1.54, 1.807) is 0 Å². The minimum atomic E-state index is -0.0194. The van der Waals surface area contributed by atoms with Crippen molar-refractivity contribution in [3.05, 3.63) is 12.2 Å². The third kappa shape index (κ3) is 4.14. The Hall–Kier alpha value is -0.710. The second-order valence-corrected chi connectivity index (χ2v) is 6.44. The highest BCUT2D eigenvalue weighted by molar-refractivity contribution is 5.86. The van der Waals surface area contributed by atoms with E-state index in [0.717, 1.165) is 45.6 Å². The number of nitrogens with zero attached hydrogens (tertiary/aromatic N) is 2. The summed E-state index contributed by atoms with van der Waals surface area (Å²) in [6.45, 7) is 13.7. The van der Waals surface area contributed by atoms with Gasteiger partial charge in [0.15, 0.2) is 5.78 Å². The van der Waals surface area contributed by atoms with Crippen LogP contribution in [0.1, 0.15) is 26.7 Å². The first kappa shape index (κ1) is 15.7. The molecule has 2 fully saturated rings. The lowest BCUT2D eigenvalue weighted by molar-refractivity contribution is -0.126. The van der Waals surface area contributed by atoms with Gasteiger partial charge in [0.05, 0.1) is 6.04 Å². The summed E-state index contributed by atoms with van der Waals surface area (Å²) in [5.74, 6) is 0.587. The van der Waals surface area contributed by atoms with Gasteiger partial charge in [-0.05, 0) is 12.8 Å². The molecule has 114 valence electrons. The number of hydrogen-bond donors (Lipinski definition) is 1. The number of rotatable bonds is 10. The number of ketones is 1. The largest absolute Gasteiger partial charge is 0.396 e. The van der Waals surface area contributed by atoms with E-state index in [0.29, 0.717) is 5.78 Å². The normalized spacial score (nSPS) is 21.8. The van der Waals surface area contributed by atoms with Crippen LogP contribution < -0.4 is 0 Å². The molecule has 0 bridgehead atoms. The van der Waals surface area contributed by atoms with E-state index in [2.05, 4.69) is 16.4 Å². The van der Waals surface area contributed by atoms with E-state index in [4.69, 9.17) is 5.11 Å². The van der Waals surface area contributed by atoms with E-state index >= 15 is 0 Å². The first-order valence-electron chi connectivity index (χ1n) is 7.83. The maximum Gasteiger partial charge on any atom is 0.153 e. The highest BCUT2D eigenvalue weighted by Crippen LogP contribution is 2.31. The summed E-state index contributed by atoms with van der Waals surface area (Å²) in [6.07, 6.45) is 1.61. The maximum atomic E-state index is 12.6. The van der Waals surface area contributed by atoms with Gasteiger partial charge in [0, 0.05) is 51.2 Å². The molecule has 2 unspecified atom stereocenters. The third-order valence-corrected chi connectivity index (χ3v) is 4.28. The average Bonchev–Trinajstić information content (AvgIpc) is 3.26. The zero-order chi connectivity index (χ0) is 14.7. The summed E-state index contributed by atoms with van der Waals surface area (Å²) in [4.78, 5) is 17.2. The first-order valence-corrected chi connectivity index (χ1v) is 7.83. The molecular formula is C16H28N2O2. The summed E-state index contributed by atoms with van der Waals surface area (Å²) < 4.78 is 0. The molecule has 4 heteroatoms. The summed E-state index contributed by atoms with van der Waals surface area (Å²) in [7, 11) is 0. The molecule has 2 saturated heterocycles. The average molecular weight is 280 g/mol. The lowest BCUT2D eigenvalue weighted by Gasteiger charge is -2.30. The van der Waals surface area contributed by atoms with Crippen molar-refractivity contribution in [1.29, 1.82) is 0 Å². The van der Waals surface area contributed by atoms with Crippen molar-refractivity contribution in [3.8, 4) is 0 Å². The molecule has 4 nitrogen and oxygen atoms in total. The molecule has 0 aromatic carbocycles. The highest BCUT2D eigenvalue weighted by Gasteiger charge is 2.40. The van der Waals surface area contributed by atoms with Crippen molar-refractivity contribution in [2.45, 2.75) is 32.7 Å². The monoisotopic (exact) mass is 280 g/mol. The van der Waals surface area contributed by atoms with Crippen molar-refractivity contribution >= 4 is 5.78 Å². The van der Waals surface area contributed by atoms with E-state index in [1.165, 1.54) is 5.57 Å². The molecule has 2 atom stereocenters. The van der Waals surface area contributed by atoms with Crippen LogP contribution in [0.5, 0.6) is 0 Å². The zero-order valence-electron chi connectivity index (χ0n) is 12.8. The minimum Gasteiger partial charge on any atom is -0.396 e. The Balaban J connectivity index is 2.07. The fourth-order valence-corrected chi connectivity index (χ4v) is 2.84. The van der Waals surface area contributed by atoms with Gasteiger partial charge in [0.1, 0.15) is 0 Å². The van der Waals surface area contributed by atoms with Gasteiger partial charge >= 0.3 is 0 Å². The van der Waals surface area contributed by atoms with Crippen LogP contribution in [0.3, 0.4) is 0 Å². The smallest absolute Gasteiger partial charge is 0.153 e. The predicted molar refractivity (Wildman–Crippen MR) is 80.6 cm³/mol. The van der Waals surface area contributed by atoms with Crippen LogP contribution in [-0.2, 0) is 4.79 Å². The van der Waals surface area contributed by atoms with E-state index in [1.807, 2.05) is 13.8 Å². The van der Waals surface area contributed by atoms with E-state index < -0.39 is 0 Å². The van der Waals surface area contributed by atoms with Crippen LogP contribution >= 0.6 is 0 Å². The molecule has 0 aromatic rings. The van der Waals surface area contributed by atoms with Gasteiger partial charge in [-0.2, -0.15) is 0 Å². The van der Waals surface area contributed by atoms with Crippen LogP contribution in [0, 0.1) is 11.8 Å². The fraction of sp³-hybridized carbons (Fsp3) is 0.812. The van der Waals surface area contributed by atoms with Crippen LogP contribution in [0.25, 0.3) is 0 Å². The van der Waals surface area contributed by atoms with Crippen LogP contribution in [-0.4, -0.2) is 66.1 Å². The Labute approximate surface area is 122 Å². The number of carbonyl (C=O) groups excluding carboxylic acids is 1. The molecule has 2 aliphatic heterocycles. The molecule has 0 aromatic heterocycles. The summed E-state index contributed by atoms with van der Waals surface area (Å²) in [5.41, 5.74) is 1.17. The van der Waals surface area contributed by atoms with Crippen LogP contribution in [0.15, 0.2) is 12.2 Å². The van der Waals surface area contributed by atoms with Crippen LogP contribution in [0.2, 0.25) is 0 Å². The number of aliphatic hydroxyl groups is 1. The molecule has 0 spiro atoms. The molecule has 0 radical (unpaired) electrons. The molecule has 2 rings (SSSR count). The lowest BCUT2D eigenvalue weighted by Crippen LogP contribution is -2.41. The Bertz CT molecular complexity index is 359. The van der Waals surface area contributed by atoms with Crippen molar-refractivity contribution in [2.75, 3.05) is 39.3 Å². The number of Topliss-reactive ketones (excluding diaryl/α,β-unsaturated/α-hetero) is 1. The highest BCUT2D eigenvalue weighted by atomic mass is 16.2. The second kappa shape index (κ2) is 6.83. The Kier molecular flexibility index (Phi) is 5.35. The van der Waals surface area contributed by atoms with Gasteiger partial charge in [-0.15, -0.1) is 0 Å². The topological polar surface area (TPSA) is 43.3 Å². The quantitative estimate of drug-likeness (QED) is 0.482. The second-order valence-electron chi connectivity index (χ2n) is 6.44. The van der Waals surface area contributed by atoms with Gasteiger partial charge in [0.2, 0.25) is 0 Å². The van der Waals surface area contributed by atoms with Crippen molar-refractivity contribution in [1.82, 2.24) is 9.80 Å². The first-order chi connectivity index (χ1) is 9.54. The Morgan fingerprint density at radius 3 is 2.35 bits per heavy atom. The van der Waals surface area contributed by atoms with Crippen LogP contribution in [0.4, 0.5) is 0 Å². The number of aliphatic hydroxyl groups excluding tert-OH is 1. The molecule has 0 saturated carbocycles. The maximum absolute atomic E-state index is 12.6. The molecule has 20 heavy (non-hydrogen) atoms. The summed E-state index contributed by atoms with van der Waals surface area (Å²) in [5, 5.41) is 9.14. The zero-order valence-corrected chi connectivity index (χ0v) is 12.8. The molecule has 0 amide bonds. The van der Waals surface area contributed by atoms with Gasteiger partial charge in [-0.3, -0.25) is 14.6 Å².